The second kappa shape index (κ2) is 8.67. The lowest BCUT2D eigenvalue weighted by Crippen LogP contribution is -2.43. The molecule has 1 atom stereocenters. The van der Waals surface area contributed by atoms with Crippen LogP contribution in [0, 0.1) is 0 Å². The standard InChI is InChI=1S/C19H32O4Si/c1-8-21-17(14-18(20)22-9-2)15-10-12-16(13-11-15)23-24(6,7)19(3,4)5/h10-13,17H,8-9,14H2,1-7H3/t17-/m1/s1. The van der Waals surface area contributed by atoms with Crippen LogP contribution in [0.25, 0.3) is 0 Å². The fourth-order valence-corrected chi connectivity index (χ4v) is 3.08. The van der Waals surface area contributed by atoms with Crippen molar-refractivity contribution in [1.82, 2.24) is 0 Å². The van der Waals surface area contributed by atoms with Crippen molar-refractivity contribution in [3.8, 4) is 5.75 Å². The van der Waals surface area contributed by atoms with Gasteiger partial charge in [-0.2, -0.15) is 0 Å². The molecular weight excluding hydrogens is 320 g/mol. The molecule has 1 aromatic rings. The highest BCUT2D eigenvalue weighted by atomic mass is 28.4. The molecule has 0 radical (unpaired) electrons. The molecule has 0 heterocycles. The third-order valence-electron chi connectivity index (χ3n) is 4.46. The highest BCUT2D eigenvalue weighted by Gasteiger charge is 2.38. The fourth-order valence-electron chi connectivity index (χ4n) is 2.04. The Labute approximate surface area is 147 Å². The van der Waals surface area contributed by atoms with E-state index in [0.717, 1.165) is 11.3 Å². The van der Waals surface area contributed by atoms with Crippen LogP contribution in [0.15, 0.2) is 24.3 Å². The van der Waals surface area contributed by atoms with Gasteiger partial charge in [0.15, 0.2) is 0 Å². The third kappa shape index (κ3) is 5.95. The van der Waals surface area contributed by atoms with Crippen molar-refractivity contribution in [2.75, 3.05) is 13.2 Å². The Balaban J connectivity index is 2.85. The zero-order chi connectivity index (χ0) is 18.4. The summed E-state index contributed by atoms with van der Waals surface area (Å²) >= 11 is 0. The van der Waals surface area contributed by atoms with Gasteiger partial charge in [-0.05, 0) is 49.7 Å². The molecule has 0 aliphatic rings. The number of carbonyl (C=O) groups is 1. The molecule has 0 unspecified atom stereocenters. The quantitative estimate of drug-likeness (QED) is 0.482. The van der Waals surface area contributed by atoms with Crippen molar-refractivity contribution in [2.24, 2.45) is 0 Å². The van der Waals surface area contributed by atoms with E-state index < -0.39 is 8.32 Å². The SMILES string of the molecule is CCOC(=O)C[C@@H](OCC)c1ccc(O[Si](C)(C)C(C)(C)C)cc1. The first kappa shape index (κ1) is 20.7. The molecule has 0 aliphatic carbocycles. The molecule has 0 fully saturated rings. The minimum atomic E-state index is -1.85. The van der Waals surface area contributed by atoms with Crippen LogP contribution in [-0.4, -0.2) is 27.5 Å². The van der Waals surface area contributed by atoms with E-state index in [1.807, 2.05) is 31.2 Å². The molecule has 0 aromatic heterocycles. The first-order chi connectivity index (χ1) is 11.1. The minimum absolute atomic E-state index is 0.156. The van der Waals surface area contributed by atoms with E-state index >= 15 is 0 Å². The maximum atomic E-state index is 11.7. The summed E-state index contributed by atoms with van der Waals surface area (Å²) in [7, 11) is -1.85. The number of esters is 1. The maximum absolute atomic E-state index is 11.7. The van der Waals surface area contributed by atoms with Gasteiger partial charge in [-0.15, -0.1) is 0 Å². The number of hydrogen-bond acceptors (Lipinski definition) is 4. The molecule has 5 heteroatoms. The van der Waals surface area contributed by atoms with Gasteiger partial charge in [0.1, 0.15) is 5.75 Å². The first-order valence-electron chi connectivity index (χ1n) is 8.67. The molecule has 0 amide bonds. The minimum Gasteiger partial charge on any atom is -0.544 e. The number of carbonyl (C=O) groups excluding carboxylic acids is 1. The van der Waals surface area contributed by atoms with Gasteiger partial charge in [-0.3, -0.25) is 4.79 Å². The number of hydrogen-bond donors (Lipinski definition) is 0. The topological polar surface area (TPSA) is 44.8 Å². The molecule has 24 heavy (non-hydrogen) atoms. The van der Waals surface area contributed by atoms with E-state index in [-0.39, 0.29) is 23.5 Å². The summed E-state index contributed by atoms with van der Waals surface area (Å²) in [4.78, 5) is 11.7. The zero-order valence-corrected chi connectivity index (χ0v) is 17.1. The molecule has 136 valence electrons. The maximum Gasteiger partial charge on any atom is 0.308 e. The summed E-state index contributed by atoms with van der Waals surface area (Å²) in [6.45, 7) is 15.8. The number of ether oxygens (including phenoxy) is 2. The summed E-state index contributed by atoms with van der Waals surface area (Å²) in [5.41, 5.74) is 0.965. The second-order valence-corrected chi connectivity index (χ2v) is 12.1. The molecule has 0 saturated carbocycles. The zero-order valence-electron chi connectivity index (χ0n) is 16.1. The summed E-state index contributed by atoms with van der Waals surface area (Å²) in [5.74, 6) is 0.634. The highest BCUT2D eigenvalue weighted by molar-refractivity contribution is 6.74. The van der Waals surface area contributed by atoms with Gasteiger partial charge < -0.3 is 13.9 Å². The Hall–Kier alpha value is -1.33. The Morgan fingerprint density at radius 3 is 2.12 bits per heavy atom. The molecule has 0 saturated heterocycles. The summed E-state index contributed by atoms with van der Waals surface area (Å²) in [6, 6.07) is 7.88. The van der Waals surface area contributed by atoms with Crippen molar-refractivity contribution in [3.63, 3.8) is 0 Å². The van der Waals surface area contributed by atoms with Crippen LogP contribution in [0.2, 0.25) is 18.1 Å². The van der Waals surface area contributed by atoms with E-state index in [2.05, 4.69) is 33.9 Å². The predicted octanol–water partition coefficient (Wildman–Crippen LogP) is 5.10. The highest BCUT2D eigenvalue weighted by Crippen LogP contribution is 2.37. The van der Waals surface area contributed by atoms with Gasteiger partial charge in [0.2, 0.25) is 8.32 Å². The van der Waals surface area contributed by atoms with Crippen LogP contribution in [0.5, 0.6) is 5.75 Å². The van der Waals surface area contributed by atoms with Crippen LogP contribution in [-0.2, 0) is 14.3 Å². The second-order valence-electron chi connectivity index (χ2n) is 7.38. The first-order valence-corrected chi connectivity index (χ1v) is 11.6. The van der Waals surface area contributed by atoms with Crippen LogP contribution in [0.3, 0.4) is 0 Å². The van der Waals surface area contributed by atoms with Crippen LogP contribution in [0.1, 0.15) is 52.7 Å². The Bertz CT molecular complexity index is 517. The van der Waals surface area contributed by atoms with E-state index in [0.29, 0.717) is 13.2 Å². The molecule has 0 bridgehead atoms. The lowest BCUT2D eigenvalue weighted by atomic mass is 10.1. The van der Waals surface area contributed by atoms with Crippen LogP contribution >= 0.6 is 0 Å². The van der Waals surface area contributed by atoms with Gasteiger partial charge in [0.05, 0.1) is 19.1 Å². The third-order valence-corrected chi connectivity index (χ3v) is 8.81. The van der Waals surface area contributed by atoms with E-state index in [1.165, 1.54) is 0 Å². The Morgan fingerprint density at radius 2 is 1.67 bits per heavy atom. The van der Waals surface area contributed by atoms with Crippen molar-refractivity contribution < 1.29 is 18.7 Å². The molecule has 0 N–H and O–H groups in total. The van der Waals surface area contributed by atoms with Gasteiger partial charge in [-0.25, -0.2) is 0 Å². The summed E-state index contributed by atoms with van der Waals surface area (Å²) < 4.78 is 17.0. The monoisotopic (exact) mass is 352 g/mol. The van der Waals surface area contributed by atoms with Gasteiger partial charge in [0.25, 0.3) is 0 Å². The number of benzene rings is 1. The summed E-state index contributed by atoms with van der Waals surface area (Å²) in [5, 5.41) is 0.156. The van der Waals surface area contributed by atoms with Crippen LogP contribution in [0.4, 0.5) is 0 Å². The fraction of sp³-hybridized carbons (Fsp3) is 0.632. The molecular formula is C19H32O4Si. The average Bonchev–Trinajstić information content (AvgIpc) is 2.46. The van der Waals surface area contributed by atoms with Gasteiger partial charge >= 0.3 is 5.97 Å². The van der Waals surface area contributed by atoms with E-state index in [1.54, 1.807) is 6.92 Å². The lowest BCUT2D eigenvalue weighted by molar-refractivity contribution is -0.146. The number of rotatable bonds is 8. The molecule has 1 aromatic carbocycles. The van der Waals surface area contributed by atoms with Crippen molar-refractivity contribution in [1.29, 1.82) is 0 Å². The van der Waals surface area contributed by atoms with Gasteiger partial charge in [-0.1, -0.05) is 32.9 Å². The lowest BCUT2D eigenvalue weighted by Gasteiger charge is -2.36. The smallest absolute Gasteiger partial charge is 0.308 e. The molecule has 4 nitrogen and oxygen atoms in total. The van der Waals surface area contributed by atoms with E-state index in [9.17, 15) is 4.79 Å². The average molecular weight is 353 g/mol. The molecule has 1 rings (SSSR count). The van der Waals surface area contributed by atoms with Gasteiger partial charge in [0, 0.05) is 6.61 Å². The van der Waals surface area contributed by atoms with Crippen molar-refractivity contribution >= 4 is 14.3 Å². The summed E-state index contributed by atoms with van der Waals surface area (Å²) in [6.07, 6.45) is -0.0552. The van der Waals surface area contributed by atoms with Crippen molar-refractivity contribution in [3.05, 3.63) is 29.8 Å². The Kier molecular flexibility index (Phi) is 7.48. The van der Waals surface area contributed by atoms with E-state index in [4.69, 9.17) is 13.9 Å². The van der Waals surface area contributed by atoms with Crippen molar-refractivity contribution in [2.45, 2.75) is 65.3 Å². The normalized spacial score (nSPS) is 13.5. The predicted molar refractivity (Wildman–Crippen MR) is 99.9 cm³/mol. The largest absolute Gasteiger partial charge is 0.544 e. The van der Waals surface area contributed by atoms with Crippen LogP contribution < -0.4 is 4.43 Å². The molecule has 0 aliphatic heterocycles. The molecule has 0 spiro atoms. The Morgan fingerprint density at radius 1 is 1.08 bits per heavy atom.